The van der Waals surface area contributed by atoms with E-state index < -0.39 is 16.1 Å². The van der Waals surface area contributed by atoms with Crippen molar-refractivity contribution in [3.8, 4) is 11.5 Å². The van der Waals surface area contributed by atoms with E-state index in [1.807, 2.05) is 62.3 Å². The van der Waals surface area contributed by atoms with E-state index in [1.54, 1.807) is 44.6 Å². The third-order valence-electron chi connectivity index (χ3n) is 5.95. The lowest BCUT2D eigenvalue weighted by Crippen LogP contribution is -2.27. The van der Waals surface area contributed by atoms with E-state index in [1.165, 1.54) is 4.41 Å². The van der Waals surface area contributed by atoms with Crippen LogP contribution in [-0.4, -0.2) is 46.9 Å². The molecule has 34 heavy (non-hydrogen) atoms. The van der Waals surface area contributed by atoms with E-state index >= 15 is 0 Å². The van der Waals surface area contributed by atoms with Crippen LogP contribution in [0.1, 0.15) is 29.2 Å². The molecule has 0 N–H and O–H groups in total. The molecule has 0 fully saturated rings. The Balaban J connectivity index is 1.81. The number of sulfonamides is 1. The van der Waals surface area contributed by atoms with Crippen LogP contribution >= 0.6 is 0 Å². The van der Waals surface area contributed by atoms with Crippen LogP contribution in [0.4, 0.5) is 5.69 Å². The van der Waals surface area contributed by atoms with E-state index in [9.17, 15) is 8.42 Å². The van der Waals surface area contributed by atoms with Crippen LogP contribution < -0.4 is 14.4 Å². The molecule has 178 valence electrons. The summed E-state index contributed by atoms with van der Waals surface area (Å²) in [7, 11) is 3.22. The van der Waals surface area contributed by atoms with Gasteiger partial charge in [0.1, 0.15) is 11.5 Å². The van der Waals surface area contributed by atoms with Crippen LogP contribution in [0.2, 0.25) is 0 Å². The average Bonchev–Trinajstić information content (AvgIpc) is 3.30. The maximum absolute atomic E-state index is 13.7. The van der Waals surface area contributed by atoms with Gasteiger partial charge in [-0.15, -0.1) is 0 Å². The van der Waals surface area contributed by atoms with E-state index in [0.717, 1.165) is 22.4 Å². The first-order valence-corrected chi connectivity index (χ1v) is 12.4. The molecule has 3 aromatic rings. The second kappa shape index (κ2) is 9.38. The monoisotopic (exact) mass is 479 g/mol. The van der Waals surface area contributed by atoms with Gasteiger partial charge < -0.3 is 14.4 Å². The van der Waals surface area contributed by atoms with E-state index in [2.05, 4.69) is 5.10 Å². The number of anilines is 1. The highest BCUT2D eigenvalue weighted by Gasteiger charge is 2.38. The van der Waals surface area contributed by atoms with Crippen LogP contribution in [0.5, 0.6) is 11.5 Å². The average molecular weight is 480 g/mol. The molecular formula is C26H29N3O4S. The van der Waals surface area contributed by atoms with Crippen molar-refractivity contribution in [1.82, 2.24) is 4.41 Å². The van der Waals surface area contributed by atoms with Gasteiger partial charge >= 0.3 is 0 Å². The molecule has 0 aromatic heterocycles. The van der Waals surface area contributed by atoms with Crippen LogP contribution in [-0.2, 0) is 10.0 Å². The Kier molecular flexibility index (Phi) is 6.52. The summed E-state index contributed by atoms with van der Waals surface area (Å²) < 4.78 is 39.5. The van der Waals surface area contributed by atoms with Gasteiger partial charge in [0.15, 0.2) is 0 Å². The van der Waals surface area contributed by atoms with Crippen molar-refractivity contribution in [2.75, 3.05) is 33.2 Å². The Hall–Kier alpha value is -3.52. The highest BCUT2D eigenvalue weighted by Crippen LogP contribution is 2.39. The molecule has 4 rings (SSSR count). The van der Waals surface area contributed by atoms with E-state index in [-0.39, 0.29) is 4.90 Å². The molecule has 0 saturated heterocycles. The fraction of sp³-hybridized carbons (Fsp3) is 0.269. The van der Waals surface area contributed by atoms with Gasteiger partial charge in [0.05, 0.1) is 30.9 Å². The number of hydrazone groups is 1. The van der Waals surface area contributed by atoms with Gasteiger partial charge in [-0.3, -0.25) is 0 Å². The molecule has 1 atom stereocenters. The zero-order chi connectivity index (χ0) is 24.5. The summed E-state index contributed by atoms with van der Waals surface area (Å²) >= 11 is 0. The predicted molar refractivity (Wildman–Crippen MR) is 134 cm³/mol. The van der Waals surface area contributed by atoms with Gasteiger partial charge in [-0.2, -0.15) is 17.9 Å². The van der Waals surface area contributed by atoms with Crippen LogP contribution in [0.3, 0.4) is 0 Å². The Morgan fingerprint density at radius 3 is 2.21 bits per heavy atom. The number of methoxy groups -OCH3 is 2. The van der Waals surface area contributed by atoms with Crippen molar-refractivity contribution in [2.24, 2.45) is 5.10 Å². The van der Waals surface area contributed by atoms with E-state index in [0.29, 0.717) is 23.6 Å². The zero-order valence-electron chi connectivity index (χ0n) is 20.0. The lowest BCUT2D eigenvalue weighted by Gasteiger charge is -2.24. The number of aryl methyl sites for hydroxylation is 1. The van der Waals surface area contributed by atoms with Gasteiger partial charge in [0.25, 0.3) is 10.0 Å². The van der Waals surface area contributed by atoms with Crippen LogP contribution in [0.25, 0.3) is 0 Å². The van der Waals surface area contributed by atoms with Gasteiger partial charge in [-0.1, -0.05) is 29.8 Å². The van der Waals surface area contributed by atoms with E-state index in [4.69, 9.17) is 9.47 Å². The van der Waals surface area contributed by atoms with Crippen molar-refractivity contribution >= 4 is 21.4 Å². The first kappa shape index (κ1) is 23.6. The molecule has 8 heteroatoms. The first-order chi connectivity index (χ1) is 16.2. The Labute approximate surface area is 201 Å². The molecule has 0 unspecified atom stereocenters. The standard InChI is InChI=1S/C26H29N3O4S/c1-18-6-13-22(14-7-18)34(30,31)29-25(19-8-10-20(11-9-19)28(2)3)17-24(27-29)23-15-12-21(32-4)16-26(23)33-5/h6-16,25H,17H2,1-5H3/t25-/m1/s1. The number of nitrogens with zero attached hydrogens (tertiary/aromatic N) is 3. The quantitative estimate of drug-likeness (QED) is 0.495. The number of hydrogen-bond acceptors (Lipinski definition) is 6. The molecule has 0 radical (unpaired) electrons. The summed E-state index contributed by atoms with van der Waals surface area (Å²) in [5.41, 5.74) is 4.26. The maximum atomic E-state index is 13.7. The van der Waals surface area contributed by atoms with Crippen LogP contribution in [0, 0.1) is 6.92 Å². The predicted octanol–water partition coefficient (Wildman–Crippen LogP) is 4.62. The van der Waals surface area contributed by atoms with Gasteiger partial charge in [-0.25, -0.2) is 0 Å². The lowest BCUT2D eigenvalue weighted by atomic mass is 9.98. The van der Waals surface area contributed by atoms with Crippen molar-refractivity contribution in [1.29, 1.82) is 0 Å². The number of benzene rings is 3. The smallest absolute Gasteiger partial charge is 0.279 e. The van der Waals surface area contributed by atoms with Crippen molar-refractivity contribution < 1.29 is 17.9 Å². The maximum Gasteiger partial charge on any atom is 0.279 e. The Morgan fingerprint density at radius 1 is 0.941 bits per heavy atom. The fourth-order valence-corrected chi connectivity index (χ4v) is 5.40. The zero-order valence-corrected chi connectivity index (χ0v) is 20.8. The molecular weight excluding hydrogens is 450 g/mol. The summed E-state index contributed by atoms with van der Waals surface area (Å²) in [6.45, 7) is 1.92. The minimum Gasteiger partial charge on any atom is -0.497 e. The molecule has 0 saturated carbocycles. The SMILES string of the molecule is COc1ccc(C2=NN(S(=O)(=O)c3ccc(C)cc3)[C@@H](c3ccc(N(C)C)cc3)C2)c(OC)c1. The molecule has 0 bridgehead atoms. The molecule has 7 nitrogen and oxygen atoms in total. The highest BCUT2D eigenvalue weighted by molar-refractivity contribution is 7.89. The molecule has 3 aromatic carbocycles. The third-order valence-corrected chi connectivity index (χ3v) is 7.65. The summed E-state index contributed by atoms with van der Waals surface area (Å²) in [6, 6.07) is 19.7. The summed E-state index contributed by atoms with van der Waals surface area (Å²) in [6.07, 6.45) is 0.412. The van der Waals surface area contributed by atoms with Crippen molar-refractivity contribution in [3.05, 3.63) is 83.4 Å². The number of rotatable bonds is 7. The van der Waals surface area contributed by atoms with Gasteiger partial charge in [0, 0.05) is 37.8 Å². The minimum atomic E-state index is -3.88. The Bertz CT molecular complexity index is 1300. The second-order valence-electron chi connectivity index (χ2n) is 8.41. The normalized spacial score (nSPS) is 15.7. The Morgan fingerprint density at radius 2 is 1.62 bits per heavy atom. The molecule has 1 aliphatic heterocycles. The topological polar surface area (TPSA) is 71.4 Å². The largest absolute Gasteiger partial charge is 0.497 e. The van der Waals surface area contributed by atoms with Crippen LogP contribution in [0.15, 0.2) is 76.7 Å². The number of hydrogen-bond donors (Lipinski definition) is 0. The fourth-order valence-electron chi connectivity index (χ4n) is 3.97. The molecule has 0 aliphatic carbocycles. The highest BCUT2D eigenvalue weighted by atomic mass is 32.2. The van der Waals surface area contributed by atoms with Gasteiger partial charge in [0.2, 0.25) is 0 Å². The molecule has 1 aliphatic rings. The first-order valence-electron chi connectivity index (χ1n) is 10.9. The lowest BCUT2D eigenvalue weighted by molar-refractivity contribution is 0.371. The third kappa shape index (κ3) is 4.46. The molecule has 0 amide bonds. The summed E-state index contributed by atoms with van der Waals surface area (Å²) in [5, 5.41) is 4.64. The summed E-state index contributed by atoms with van der Waals surface area (Å²) in [5.74, 6) is 1.23. The number of ether oxygens (including phenoxy) is 2. The minimum absolute atomic E-state index is 0.208. The second-order valence-corrected chi connectivity index (χ2v) is 10.2. The van der Waals surface area contributed by atoms with Gasteiger partial charge in [-0.05, 0) is 48.9 Å². The van der Waals surface area contributed by atoms with Crippen molar-refractivity contribution in [3.63, 3.8) is 0 Å². The molecule has 0 spiro atoms. The van der Waals surface area contributed by atoms with Crippen molar-refractivity contribution in [2.45, 2.75) is 24.3 Å². The summed E-state index contributed by atoms with van der Waals surface area (Å²) in [4.78, 5) is 2.21. The molecule has 1 heterocycles.